The van der Waals surface area contributed by atoms with Gasteiger partial charge in [-0.3, -0.25) is 9.78 Å². The van der Waals surface area contributed by atoms with Crippen LogP contribution in [0.2, 0.25) is 5.02 Å². The lowest BCUT2D eigenvalue weighted by Crippen LogP contribution is -2.28. The van der Waals surface area contributed by atoms with E-state index in [0.29, 0.717) is 23.0 Å². The Morgan fingerprint density at radius 3 is 2.46 bits per heavy atom. The van der Waals surface area contributed by atoms with Crippen LogP contribution in [0.4, 0.5) is 13.2 Å². The van der Waals surface area contributed by atoms with E-state index in [-0.39, 0.29) is 22.6 Å². The van der Waals surface area contributed by atoms with Crippen molar-refractivity contribution in [1.29, 1.82) is 0 Å². The molecule has 12 heteroatoms. The first kappa shape index (κ1) is 26.5. The number of aromatic nitrogens is 3. The molecule has 1 amide bonds. The molecule has 0 fully saturated rings. The lowest BCUT2D eigenvalue weighted by molar-refractivity contribution is 0.0172. The monoisotopic (exact) mass is 548 g/mol. The summed E-state index contributed by atoms with van der Waals surface area (Å²) in [6.45, 7) is 2.18. The van der Waals surface area contributed by atoms with Crippen molar-refractivity contribution in [3.8, 4) is 11.4 Å². The average molecular weight is 549 g/mol. The van der Waals surface area contributed by atoms with Gasteiger partial charge in [0.1, 0.15) is 17.0 Å². The molecule has 0 aliphatic heterocycles. The zero-order valence-electron chi connectivity index (χ0n) is 19.8. The molecule has 7 nitrogen and oxygen atoms in total. The van der Waals surface area contributed by atoms with E-state index in [1.54, 1.807) is 25.1 Å². The number of fused-ring (bicyclic) bond motifs is 1. The molecule has 2 aromatic heterocycles. The minimum Gasteiger partial charge on any atom is -0.344 e. The molecule has 4 rings (SSSR count). The van der Waals surface area contributed by atoms with E-state index < -0.39 is 44.0 Å². The predicted octanol–water partition coefficient (Wildman–Crippen LogP) is 5.49. The summed E-state index contributed by atoms with van der Waals surface area (Å²) in [5.41, 5.74) is 0.631. The molecule has 0 spiro atoms. The summed E-state index contributed by atoms with van der Waals surface area (Å²) in [5, 5.41) is 2.95. The molecule has 0 aliphatic rings. The number of alkyl halides is 2. The molecule has 2 heterocycles. The molecule has 0 unspecified atom stereocenters. The van der Waals surface area contributed by atoms with Crippen molar-refractivity contribution in [2.24, 2.45) is 0 Å². The van der Waals surface area contributed by atoms with E-state index in [4.69, 9.17) is 11.6 Å². The number of pyridine rings is 1. The van der Waals surface area contributed by atoms with Gasteiger partial charge in [-0.2, -0.15) is 0 Å². The number of para-hydroxylation sites is 1. The van der Waals surface area contributed by atoms with Crippen molar-refractivity contribution in [3.05, 3.63) is 82.4 Å². The quantitative estimate of drug-likeness (QED) is 0.342. The summed E-state index contributed by atoms with van der Waals surface area (Å²) >= 11 is 6.29. The maximum Gasteiger partial charge on any atom is 0.270 e. The number of rotatable bonds is 6. The van der Waals surface area contributed by atoms with Crippen molar-refractivity contribution in [2.45, 2.75) is 30.7 Å². The zero-order chi connectivity index (χ0) is 27.1. The van der Waals surface area contributed by atoms with Gasteiger partial charge in [0.2, 0.25) is 0 Å². The van der Waals surface area contributed by atoms with Crippen LogP contribution in [0.1, 0.15) is 41.5 Å². The fourth-order valence-corrected chi connectivity index (χ4v) is 4.50. The van der Waals surface area contributed by atoms with Crippen LogP contribution in [0, 0.1) is 5.82 Å². The Hall–Kier alpha value is -3.57. The van der Waals surface area contributed by atoms with Crippen LogP contribution in [0.15, 0.2) is 59.6 Å². The summed E-state index contributed by atoms with van der Waals surface area (Å²) in [6, 6.07) is 9.51. The van der Waals surface area contributed by atoms with E-state index in [0.717, 1.165) is 30.7 Å². The van der Waals surface area contributed by atoms with Gasteiger partial charge in [0, 0.05) is 24.3 Å². The largest absolute Gasteiger partial charge is 0.344 e. The molecular weight excluding hydrogens is 529 g/mol. The summed E-state index contributed by atoms with van der Waals surface area (Å²) in [7, 11) is -3.89. The SMILES string of the molecule is C[C@H](NC(=O)c1cc(C(C)(F)F)cc(S(C)(=O)=O)c1)c1nc2c(Cl)cccc2nc1-c1ccc(F)cn1. The number of amides is 1. The Morgan fingerprint density at radius 2 is 1.84 bits per heavy atom. The molecule has 37 heavy (non-hydrogen) atoms. The summed E-state index contributed by atoms with van der Waals surface area (Å²) in [5.74, 6) is -4.76. The average Bonchev–Trinajstić information content (AvgIpc) is 2.82. The fraction of sp³-hybridized carbons (Fsp3) is 0.200. The van der Waals surface area contributed by atoms with E-state index >= 15 is 0 Å². The molecular formula is C25H20ClF3N4O3S. The van der Waals surface area contributed by atoms with E-state index in [1.807, 2.05) is 0 Å². The Morgan fingerprint density at radius 1 is 1.11 bits per heavy atom. The first-order chi connectivity index (χ1) is 17.2. The number of nitrogens with one attached hydrogen (secondary N) is 1. The Kier molecular flexibility index (Phi) is 6.95. The van der Waals surface area contributed by atoms with Gasteiger partial charge in [-0.15, -0.1) is 0 Å². The van der Waals surface area contributed by atoms with Gasteiger partial charge in [0.15, 0.2) is 9.84 Å². The first-order valence-corrected chi connectivity index (χ1v) is 13.1. The standard InChI is InChI=1S/C25H20ClF3N4O3S/c1-13(31-24(34)14-9-15(25(2,28)29)11-17(10-14)37(3,35)36)21-23(19-8-7-16(27)12-30-19)32-20-6-4-5-18(26)22(20)33-21/h4-13H,1-3H3,(H,31,34)/t13-/m0/s1. The van der Waals surface area contributed by atoms with Crippen LogP contribution in [-0.2, 0) is 15.8 Å². The highest BCUT2D eigenvalue weighted by atomic mass is 35.5. The van der Waals surface area contributed by atoms with Crippen LogP contribution in [-0.4, -0.2) is 35.5 Å². The number of halogens is 4. The summed E-state index contributed by atoms with van der Waals surface area (Å²) in [4.78, 5) is 25.9. The third-order valence-corrected chi connectivity index (χ3v) is 6.90. The Balaban J connectivity index is 1.79. The minimum atomic E-state index is -3.89. The Labute approximate surface area is 215 Å². The molecule has 0 saturated heterocycles. The second kappa shape index (κ2) is 9.71. The van der Waals surface area contributed by atoms with Gasteiger partial charge < -0.3 is 5.32 Å². The maximum absolute atomic E-state index is 14.1. The molecule has 1 N–H and O–H groups in total. The van der Waals surface area contributed by atoms with Crippen molar-refractivity contribution >= 4 is 38.4 Å². The van der Waals surface area contributed by atoms with E-state index in [1.165, 1.54) is 12.1 Å². The minimum absolute atomic E-state index is 0.230. The molecule has 0 bridgehead atoms. The van der Waals surface area contributed by atoms with Crippen molar-refractivity contribution < 1.29 is 26.4 Å². The van der Waals surface area contributed by atoms with Crippen LogP contribution < -0.4 is 5.32 Å². The summed E-state index contributed by atoms with van der Waals surface area (Å²) in [6.07, 6.45) is 1.87. The van der Waals surface area contributed by atoms with Gasteiger partial charge in [0.05, 0.1) is 39.1 Å². The van der Waals surface area contributed by atoms with Gasteiger partial charge >= 0.3 is 0 Å². The highest BCUT2D eigenvalue weighted by Gasteiger charge is 2.28. The fourth-order valence-electron chi connectivity index (χ4n) is 3.61. The number of carbonyl (C=O) groups is 1. The van der Waals surface area contributed by atoms with E-state index in [2.05, 4.69) is 20.3 Å². The van der Waals surface area contributed by atoms with Gasteiger partial charge in [-0.25, -0.2) is 31.6 Å². The number of hydrogen-bond acceptors (Lipinski definition) is 6. The van der Waals surface area contributed by atoms with Crippen molar-refractivity contribution in [2.75, 3.05) is 6.26 Å². The second-order valence-corrected chi connectivity index (χ2v) is 11.0. The number of benzene rings is 2. The zero-order valence-corrected chi connectivity index (χ0v) is 21.3. The van der Waals surface area contributed by atoms with Gasteiger partial charge in [-0.05, 0) is 49.4 Å². The van der Waals surface area contributed by atoms with Gasteiger partial charge in [0.25, 0.3) is 11.8 Å². The molecule has 192 valence electrons. The molecule has 0 radical (unpaired) electrons. The lowest BCUT2D eigenvalue weighted by Gasteiger charge is -2.19. The number of sulfone groups is 1. The number of nitrogens with zero attached hydrogens (tertiary/aromatic N) is 3. The predicted molar refractivity (Wildman–Crippen MR) is 133 cm³/mol. The number of hydrogen-bond donors (Lipinski definition) is 1. The topological polar surface area (TPSA) is 102 Å². The number of carbonyl (C=O) groups excluding carboxylic acids is 1. The maximum atomic E-state index is 14.1. The second-order valence-electron chi connectivity index (χ2n) is 8.53. The third-order valence-electron chi connectivity index (χ3n) is 5.50. The van der Waals surface area contributed by atoms with Gasteiger partial charge in [-0.1, -0.05) is 17.7 Å². The molecule has 0 aliphatic carbocycles. The highest BCUT2D eigenvalue weighted by molar-refractivity contribution is 7.90. The molecule has 0 saturated carbocycles. The Bertz CT molecular complexity index is 1630. The summed E-state index contributed by atoms with van der Waals surface area (Å²) < 4.78 is 65.7. The lowest BCUT2D eigenvalue weighted by atomic mass is 10.0. The third kappa shape index (κ3) is 5.72. The normalized spacial score (nSPS) is 12.9. The molecule has 2 aromatic carbocycles. The highest BCUT2D eigenvalue weighted by Crippen LogP contribution is 2.32. The van der Waals surface area contributed by atoms with Crippen LogP contribution in [0.3, 0.4) is 0 Å². The van der Waals surface area contributed by atoms with Crippen molar-refractivity contribution in [3.63, 3.8) is 0 Å². The van der Waals surface area contributed by atoms with Crippen LogP contribution in [0.5, 0.6) is 0 Å². The molecule has 1 atom stereocenters. The molecule has 4 aromatic rings. The van der Waals surface area contributed by atoms with Crippen LogP contribution >= 0.6 is 11.6 Å². The van der Waals surface area contributed by atoms with E-state index in [9.17, 15) is 26.4 Å². The van der Waals surface area contributed by atoms with Crippen molar-refractivity contribution in [1.82, 2.24) is 20.3 Å². The smallest absolute Gasteiger partial charge is 0.270 e. The first-order valence-electron chi connectivity index (χ1n) is 10.9. The van der Waals surface area contributed by atoms with Crippen LogP contribution in [0.25, 0.3) is 22.4 Å².